The quantitative estimate of drug-likeness (QED) is 0.333. The average molecular weight is 485 g/mol. The molecule has 1 aliphatic rings. The van der Waals surface area contributed by atoms with Crippen LogP contribution >= 0.6 is 12.2 Å². The number of benzene rings is 3. The van der Waals surface area contributed by atoms with Crippen molar-refractivity contribution in [3.8, 4) is 11.4 Å². The molecule has 0 spiro atoms. The molecule has 0 bridgehead atoms. The van der Waals surface area contributed by atoms with E-state index in [0.717, 1.165) is 33.5 Å². The van der Waals surface area contributed by atoms with E-state index in [1.807, 2.05) is 43.0 Å². The lowest BCUT2D eigenvalue weighted by molar-refractivity contribution is 0.396. The second-order valence-electron chi connectivity index (χ2n) is 8.80. The first-order valence-electron chi connectivity index (χ1n) is 11.4. The van der Waals surface area contributed by atoms with Crippen LogP contribution in [-0.2, 0) is 6.54 Å². The van der Waals surface area contributed by atoms with E-state index in [9.17, 15) is 4.39 Å². The van der Waals surface area contributed by atoms with Crippen LogP contribution in [0.4, 0.5) is 4.39 Å². The fourth-order valence-electron chi connectivity index (χ4n) is 4.26. The molecule has 1 N–H and O–H groups in total. The third-order valence-electron chi connectivity index (χ3n) is 6.19. The molecule has 176 valence electrons. The molecule has 4 aromatic rings. The fourth-order valence-corrected chi connectivity index (χ4v) is 4.58. The van der Waals surface area contributed by atoms with E-state index in [2.05, 4.69) is 41.7 Å². The van der Waals surface area contributed by atoms with Gasteiger partial charge in [0.25, 0.3) is 5.89 Å². The molecule has 2 heterocycles. The minimum atomic E-state index is -0.358. The molecule has 1 atom stereocenters. The molecule has 5 nitrogen and oxygen atoms in total. The summed E-state index contributed by atoms with van der Waals surface area (Å²) >= 11 is 5.77. The van der Waals surface area contributed by atoms with Crippen molar-refractivity contribution >= 4 is 22.9 Å². The van der Waals surface area contributed by atoms with Gasteiger partial charge in [-0.3, -0.25) is 0 Å². The van der Waals surface area contributed by atoms with Crippen LogP contribution in [0, 0.1) is 19.7 Å². The number of allylic oxidation sites excluding steroid dienone is 1. The Morgan fingerprint density at radius 3 is 2.43 bits per heavy atom. The molecule has 3 aromatic carbocycles. The van der Waals surface area contributed by atoms with Crippen LogP contribution in [0.25, 0.3) is 17.0 Å². The summed E-state index contributed by atoms with van der Waals surface area (Å²) in [7, 11) is 0. The number of rotatable bonds is 5. The van der Waals surface area contributed by atoms with Crippen LogP contribution in [0.1, 0.15) is 41.1 Å². The summed E-state index contributed by atoms with van der Waals surface area (Å²) in [6.45, 7) is 6.69. The number of halogens is 1. The van der Waals surface area contributed by atoms with Crippen molar-refractivity contribution in [3.05, 3.63) is 112 Å². The Morgan fingerprint density at radius 1 is 0.971 bits per heavy atom. The zero-order chi connectivity index (χ0) is 24.5. The molecule has 7 heteroatoms. The molecular formula is C28H25FN4OS. The molecule has 0 amide bonds. The van der Waals surface area contributed by atoms with E-state index in [1.54, 1.807) is 12.1 Å². The first-order valence-corrected chi connectivity index (χ1v) is 11.8. The van der Waals surface area contributed by atoms with E-state index in [1.165, 1.54) is 17.7 Å². The first-order chi connectivity index (χ1) is 16.9. The van der Waals surface area contributed by atoms with Crippen LogP contribution in [0.2, 0.25) is 0 Å². The highest BCUT2D eigenvalue weighted by atomic mass is 32.1. The van der Waals surface area contributed by atoms with Crippen molar-refractivity contribution in [2.24, 2.45) is 0 Å². The molecule has 0 saturated carbocycles. The summed E-state index contributed by atoms with van der Waals surface area (Å²) in [5, 5.41) is 8.26. The summed E-state index contributed by atoms with van der Waals surface area (Å²) in [6.07, 6.45) is 0. The maximum atomic E-state index is 13.7. The Hall–Kier alpha value is -3.84. The monoisotopic (exact) mass is 484 g/mol. The number of nitrogens with zero attached hydrogens (tertiary/aromatic N) is 3. The summed E-state index contributed by atoms with van der Waals surface area (Å²) in [4.78, 5) is 6.78. The predicted molar refractivity (Wildman–Crippen MR) is 139 cm³/mol. The Labute approximate surface area is 209 Å². The van der Waals surface area contributed by atoms with Gasteiger partial charge in [0.15, 0.2) is 5.11 Å². The van der Waals surface area contributed by atoms with Crippen molar-refractivity contribution in [1.29, 1.82) is 0 Å². The Kier molecular flexibility index (Phi) is 6.17. The third kappa shape index (κ3) is 4.72. The molecule has 1 unspecified atom stereocenters. The Morgan fingerprint density at radius 2 is 1.71 bits per heavy atom. The molecule has 0 radical (unpaired) electrons. The van der Waals surface area contributed by atoms with E-state index < -0.39 is 0 Å². The van der Waals surface area contributed by atoms with Crippen molar-refractivity contribution < 1.29 is 8.91 Å². The highest BCUT2D eigenvalue weighted by molar-refractivity contribution is 7.80. The van der Waals surface area contributed by atoms with Gasteiger partial charge in [0.2, 0.25) is 5.82 Å². The Balaban J connectivity index is 1.59. The second kappa shape index (κ2) is 9.43. The lowest BCUT2D eigenvalue weighted by Gasteiger charge is -2.37. The lowest BCUT2D eigenvalue weighted by Crippen LogP contribution is -2.45. The highest BCUT2D eigenvalue weighted by Crippen LogP contribution is 2.38. The van der Waals surface area contributed by atoms with Gasteiger partial charge in [0.05, 0.1) is 11.6 Å². The molecule has 0 fully saturated rings. The van der Waals surface area contributed by atoms with Crippen LogP contribution < -0.4 is 5.32 Å². The SMILES string of the molecule is CC1=C(c2nc(-c3cccc(C)c3)no2)C(c2ccc(F)cc2)NC(=S)N1Cc1ccc(C)cc1. The summed E-state index contributed by atoms with van der Waals surface area (Å²) in [6, 6.07) is 22.4. The van der Waals surface area contributed by atoms with Gasteiger partial charge in [-0.25, -0.2) is 4.39 Å². The van der Waals surface area contributed by atoms with Gasteiger partial charge in [-0.05, 0) is 62.3 Å². The van der Waals surface area contributed by atoms with Gasteiger partial charge in [0, 0.05) is 17.8 Å². The highest BCUT2D eigenvalue weighted by Gasteiger charge is 2.34. The fraction of sp³-hybridized carbons (Fsp3) is 0.179. The van der Waals surface area contributed by atoms with Gasteiger partial charge in [-0.1, -0.05) is 70.9 Å². The van der Waals surface area contributed by atoms with Gasteiger partial charge < -0.3 is 14.7 Å². The predicted octanol–water partition coefficient (Wildman–Crippen LogP) is 6.36. The van der Waals surface area contributed by atoms with E-state index in [4.69, 9.17) is 21.7 Å². The van der Waals surface area contributed by atoms with Crippen LogP contribution in [0.3, 0.4) is 0 Å². The molecule has 0 saturated heterocycles. The third-order valence-corrected chi connectivity index (χ3v) is 6.53. The van der Waals surface area contributed by atoms with Crippen LogP contribution in [0.5, 0.6) is 0 Å². The smallest absolute Gasteiger partial charge is 0.258 e. The van der Waals surface area contributed by atoms with Crippen molar-refractivity contribution in [3.63, 3.8) is 0 Å². The van der Waals surface area contributed by atoms with E-state index in [-0.39, 0.29) is 11.9 Å². The van der Waals surface area contributed by atoms with E-state index >= 15 is 0 Å². The average Bonchev–Trinajstić information content (AvgIpc) is 3.33. The largest absolute Gasteiger partial charge is 0.351 e. The summed E-state index contributed by atoms with van der Waals surface area (Å²) in [5.41, 5.74) is 6.90. The topological polar surface area (TPSA) is 54.2 Å². The number of thiocarbonyl (C=S) groups is 1. The molecule has 1 aromatic heterocycles. The van der Waals surface area contributed by atoms with Gasteiger partial charge in [0.1, 0.15) is 5.82 Å². The van der Waals surface area contributed by atoms with Crippen LogP contribution in [0.15, 0.2) is 83.0 Å². The van der Waals surface area contributed by atoms with Gasteiger partial charge >= 0.3 is 0 Å². The Bertz CT molecular complexity index is 1410. The zero-order valence-corrected chi connectivity index (χ0v) is 20.6. The number of hydrogen-bond acceptors (Lipinski definition) is 4. The van der Waals surface area contributed by atoms with Crippen molar-refractivity contribution in [1.82, 2.24) is 20.4 Å². The van der Waals surface area contributed by atoms with Crippen molar-refractivity contribution in [2.45, 2.75) is 33.4 Å². The van der Waals surface area contributed by atoms with Gasteiger partial charge in [-0.2, -0.15) is 4.98 Å². The first kappa shape index (κ1) is 22.9. The lowest BCUT2D eigenvalue weighted by atomic mass is 9.94. The molecule has 35 heavy (non-hydrogen) atoms. The number of aryl methyl sites for hydroxylation is 2. The van der Waals surface area contributed by atoms with E-state index in [0.29, 0.717) is 23.4 Å². The number of nitrogens with one attached hydrogen (secondary N) is 1. The summed E-state index contributed by atoms with van der Waals surface area (Å²) in [5.74, 6) is 0.618. The van der Waals surface area contributed by atoms with Crippen LogP contribution in [-0.4, -0.2) is 20.2 Å². The minimum absolute atomic E-state index is 0.296. The van der Waals surface area contributed by atoms with Gasteiger partial charge in [-0.15, -0.1) is 0 Å². The molecule has 5 rings (SSSR count). The second-order valence-corrected chi connectivity index (χ2v) is 9.18. The normalized spacial score (nSPS) is 15.9. The van der Waals surface area contributed by atoms with Crippen molar-refractivity contribution in [2.75, 3.05) is 0 Å². The minimum Gasteiger partial charge on any atom is -0.351 e. The number of hydrogen-bond donors (Lipinski definition) is 1. The molecule has 0 aliphatic carbocycles. The standard InChI is InChI=1S/C28H25FN4OS/c1-17-7-9-20(10-8-17)16-33-19(3)24(25(30-28(33)35)21-11-13-23(29)14-12-21)27-31-26(32-34-27)22-6-4-5-18(2)15-22/h4-15,25H,16H2,1-3H3,(H,30,35). The number of aromatic nitrogens is 2. The summed E-state index contributed by atoms with van der Waals surface area (Å²) < 4.78 is 19.5. The maximum absolute atomic E-state index is 13.7. The molecular weight excluding hydrogens is 459 g/mol. The molecule has 1 aliphatic heterocycles. The zero-order valence-electron chi connectivity index (χ0n) is 19.7. The maximum Gasteiger partial charge on any atom is 0.258 e.